The highest BCUT2D eigenvalue weighted by molar-refractivity contribution is 6.02. The molecule has 2 N–H and O–H groups in total. The molecule has 2 aromatic heterocycles. The van der Waals surface area contributed by atoms with E-state index in [2.05, 4.69) is 23.8 Å². The third-order valence-electron chi connectivity index (χ3n) is 5.43. The van der Waals surface area contributed by atoms with Crippen LogP contribution in [0.25, 0.3) is 11.3 Å². The number of aromatic amines is 1. The molecule has 0 saturated heterocycles. The monoisotopic (exact) mass is 378 g/mol. The Morgan fingerprint density at radius 2 is 1.89 bits per heavy atom. The topological polar surface area (TPSA) is 66.0 Å². The minimum Gasteiger partial charge on any atom is -0.392 e. The number of aromatic nitrogens is 2. The van der Waals surface area contributed by atoms with Gasteiger partial charge in [-0.05, 0) is 52.8 Å². The number of fused-ring (bicyclic) bond motifs is 1. The van der Waals surface area contributed by atoms with Crippen LogP contribution in [0.2, 0.25) is 0 Å². The van der Waals surface area contributed by atoms with Crippen LogP contribution in [-0.4, -0.2) is 20.9 Å². The molecule has 1 aliphatic carbocycles. The first kappa shape index (κ1) is 18.6. The second kappa shape index (κ2) is 6.99. The Bertz CT molecular complexity index is 1040. The van der Waals surface area contributed by atoms with Crippen LogP contribution in [0.15, 0.2) is 42.7 Å². The molecule has 2 heterocycles. The number of benzene rings is 1. The highest BCUT2D eigenvalue weighted by Gasteiger charge is 2.35. The Hall–Kier alpha value is -2.79. The molecule has 1 aromatic carbocycles. The van der Waals surface area contributed by atoms with Gasteiger partial charge in [-0.15, -0.1) is 0 Å². The van der Waals surface area contributed by atoms with Gasteiger partial charge in [-0.2, -0.15) is 0 Å². The zero-order valence-corrected chi connectivity index (χ0v) is 16.1. The number of nitrogens with zero attached hydrogens (tertiary/aromatic N) is 1. The van der Waals surface area contributed by atoms with Crippen molar-refractivity contribution < 1.29 is 14.3 Å². The number of H-pyrrole nitrogens is 1. The molecule has 1 aliphatic rings. The molecule has 0 amide bonds. The normalized spacial score (nSPS) is 15.5. The molecule has 0 saturated carbocycles. The Morgan fingerprint density at radius 3 is 2.61 bits per heavy atom. The lowest BCUT2D eigenvalue weighted by atomic mass is 9.75. The van der Waals surface area contributed by atoms with Crippen LogP contribution in [-0.2, 0) is 19.4 Å². The zero-order valence-electron chi connectivity index (χ0n) is 16.1. The van der Waals surface area contributed by atoms with Crippen LogP contribution in [0, 0.1) is 11.2 Å². The fourth-order valence-corrected chi connectivity index (χ4v) is 4.17. The summed E-state index contributed by atoms with van der Waals surface area (Å²) in [6.45, 7) is 4.02. The maximum atomic E-state index is 13.9. The van der Waals surface area contributed by atoms with Gasteiger partial charge >= 0.3 is 0 Å². The summed E-state index contributed by atoms with van der Waals surface area (Å²) in [4.78, 5) is 20.6. The van der Waals surface area contributed by atoms with Gasteiger partial charge in [0.1, 0.15) is 5.82 Å². The molecule has 0 atom stereocenters. The molecule has 0 fully saturated rings. The maximum Gasteiger partial charge on any atom is 0.165 e. The zero-order chi connectivity index (χ0) is 19.9. The van der Waals surface area contributed by atoms with Gasteiger partial charge in [-0.3, -0.25) is 9.78 Å². The number of hydrogen-bond donors (Lipinski definition) is 2. The van der Waals surface area contributed by atoms with E-state index in [1.165, 1.54) is 12.1 Å². The smallest absolute Gasteiger partial charge is 0.165 e. The summed E-state index contributed by atoms with van der Waals surface area (Å²) >= 11 is 0. The Balaban J connectivity index is 1.90. The van der Waals surface area contributed by atoms with Gasteiger partial charge in [-0.25, -0.2) is 4.39 Å². The van der Waals surface area contributed by atoms with Crippen molar-refractivity contribution in [3.05, 3.63) is 76.5 Å². The van der Waals surface area contributed by atoms with Crippen molar-refractivity contribution in [2.45, 2.75) is 39.7 Å². The lowest BCUT2D eigenvalue weighted by molar-refractivity contribution is 0.0911. The van der Waals surface area contributed by atoms with Crippen LogP contribution < -0.4 is 0 Å². The molecule has 3 aromatic rings. The molecular weight excluding hydrogens is 355 g/mol. The average Bonchev–Trinajstić information content (AvgIpc) is 3.00. The van der Waals surface area contributed by atoms with E-state index in [1.54, 1.807) is 18.5 Å². The second-order valence-corrected chi connectivity index (χ2v) is 8.26. The standard InChI is InChI=1S/C23H23FN2O2/c1-23(2)11-19-21(20(28)12-23)18(22(26-19)14-5-7-25-8-6-14)10-16-9-17(24)4-3-15(16)13-27/h3-9,26-27H,10-13H2,1-2H3. The number of rotatable bonds is 4. The molecule has 4 rings (SSSR count). The lowest BCUT2D eigenvalue weighted by Crippen LogP contribution is -2.27. The first-order chi connectivity index (χ1) is 13.4. The molecule has 0 spiro atoms. The molecule has 0 bridgehead atoms. The predicted octanol–water partition coefficient (Wildman–Crippen LogP) is 4.45. The van der Waals surface area contributed by atoms with Gasteiger partial charge in [-0.1, -0.05) is 19.9 Å². The van der Waals surface area contributed by atoms with Gasteiger partial charge < -0.3 is 10.1 Å². The van der Waals surface area contributed by atoms with E-state index in [0.717, 1.165) is 34.5 Å². The van der Waals surface area contributed by atoms with Crippen LogP contribution in [0.1, 0.15) is 53.0 Å². The van der Waals surface area contributed by atoms with Gasteiger partial charge in [0.05, 0.1) is 12.3 Å². The average molecular weight is 378 g/mol. The number of Topliss-reactive ketones (excluding diaryl/α,β-unsaturated/α-hetero) is 1. The van der Waals surface area contributed by atoms with E-state index < -0.39 is 0 Å². The minimum atomic E-state index is -0.352. The van der Waals surface area contributed by atoms with E-state index in [9.17, 15) is 14.3 Å². The van der Waals surface area contributed by atoms with Crippen LogP contribution in [0.5, 0.6) is 0 Å². The van der Waals surface area contributed by atoms with Crippen molar-refractivity contribution in [1.29, 1.82) is 0 Å². The molecule has 0 unspecified atom stereocenters. The van der Waals surface area contributed by atoms with E-state index >= 15 is 0 Å². The van der Waals surface area contributed by atoms with Crippen LogP contribution >= 0.6 is 0 Å². The number of hydrogen-bond acceptors (Lipinski definition) is 3. The predicted molar refractivity (Wildman–Crippen MR) is 106 cm³/mol. The van der Waals surface area contributed by atoms with Gasteiger partial charge in [0.25, 0.3) is 0 Å². The summed E-state index contributed by atoms with van der Waals surface area (Å²) in [6.07, 6.45) is 5.07. The third-order valence-corrected chi connectivity index (χ3v) is 5.43. The number of pyridine rings is 1. The van der Waals surface area contributed by atoms with Crippen molar-refractivity contribution in [2.24, 2.45) is 5.41 Å². The largest absolute Gasteiger partial charge is 0.392 e. The first-order valence-electron chi connectivity index (χ1n) is 9.43. The number of carbonyl (C=O) groups excluding carboxylic acids is 1. The molecule has 28 heavy (non-hydrogen) atoms. The number of halogens is 1. The van der Waals surface area contributed by atoms with Crippen LogP contribution in [0.3, 0.4) is 0 Å². The second-order valence-electron chi connectivity index (χ2n) is 8.26. The highest BCUT2D eigenvalue weighted by Crippen LogP contribution is 2.40. The molecule has 144 valence electrons. The molecule has 5 heteroatoms. The summed E-state index contributed by atoms with van der Waals surface area (Å²) in [6, 6.07) is 8.18. The third kappa shape index (κ3) is 3.38. The molecular formula is C23H23FN2O2. The first-order valence-corrected chi connectivity index (χ1v) is 9.43. The van der Waals surface area contributed by atoms with Crippen molar-refractivity contribution in [1.82, 2.24) is 9.97 Å². The summed E-state index contributed by atoms with van der Waals surface area (Å²) in [5.41, 5.74) is 5.58. The minimum absolute atomic E-state index is 0.100. The number of aliphatic hydroxyl groups is 1. The fraction of sp³-hybridized carbons (Fsp3) is 0.304. The fourth-order valence-electron chi connectivity index (χ4n) is 4.17. The number of nitrogens with one attached hydrogen (secondary N) is 1. The van der Waals surface area contributed by atoms with E-state index in [-0.39, 0.29) is 23.6 Å². The molecule has 4 nitrogen and oxygen atoms in total. The summed E-state index contributed by atoms with van der Waals surface area (Å²) < 4.78 is 13.9. The Labute approximate surface area is 163 Å². The summed E-state index contributed by atoms with van der Waals surface area (Å²) in [5, 5.41) is 9.68. The number of ketones is 1. The van der Waals surface area contributed by atoms with Crippen LogP contribution in [0.4, 0.5) is 4.39 Å². The van der Waals surface area contributed by atoms with E-state index in [4.69, 9.17) is 0 Å². The van der Waals surface area contributed by atoms with Crippen molar-refractivity contribution in [2.75, 3.05) is 0 Å². The summed E-state index contributed by atoms with van der Waals surface area (Å²) in [7, 11) is 0. The van der Waals surface area contributed by atoms with Crippen molar-refractivity contribution in [3.8, 4) is 11.3 Å². The number of aliphatic hydroxyl groups excluding tert-OH is 1. The van der Waals surface area contributed by atoms with Gasteiger partial charge in [0, 0.05) is 42.1 Å². The van der Waals surface area contributed by atoms with E-state index in [0.29, 0.717) is 24.0 Å². The van der Waals surface area contributed by atoms with E-state index in [1.807, 2.05) is 12.1 Å². The Morgan fingerprint density at radius 1 is 1.14 bits per heavy atom. The van der Waals surface area contributed by atoms with Gasteiger partial charge in [0.2, 0.25) is 0 Å². The molecule has 0 radical (unpaired) electrons. The van der Waals surface area contributed by atoms with Gasteiger partial charge in [0.15, 0.2) is 5.78 Å². The Kier molecular flexibility index (Phi) is 4.63. The molecule has 0 aliphatic heterocycles. The van der Waals surface area contributed by atoms with Crippen molar-refractivity contribution >= 4 is 5.78 Å². The maximum absolute atomic E-state index is 13.9. The summed E-state index contributed by atoms with van der Waals surface area (Å²) in [5.74, 6) is -0.241. The van der Waals surface area contributed by atoms with Crippen molar-refractivity contribution in [3.63, 3.8) is 0 Å². The highest BCUT2D eigenvalue weighted by atomic mass is 19.1. The SMILES string of the molecule is CC1(C)CC(=O)c2c([nH]c(-c3ccncc3)c2Cc2cc(F)ccc2CO)C1. The lowest BCUT2D eigenvalue weighted by Gasteiger charge is -2.28. The number of carbonyl (C=O) groups is 1. The quantitative estimate of drug-likeness (QED) is 0.705.